The smallest absolute Gasteiger partial charge is 0.321 e. The van der Waals surface area contributed by atoms with Gasteiger partial charge in [0.15, 0.2) is 0 Å². The molecule has 0 radical (unpaired) electrons. The van der Waals surface area contributed by atoms with Crippen LogP contribution in [0.15, 0.2) is 35.7 Å². The summed E-state index contributed by atoms with van der Waals surface area (Å²) in [5, 5.41) is 4.97. The summed E-state index contributed by atoms with van der Waals surface area (Å²) in [5.41, 5.74) is 2.07. The van der Waals surface area contributed by atoms with Gasteiger partial charge >= 0.3 is 6.03 Å². The maximum absolute atomic E-state index is 12.9. The third kappa shape index (κ3) is 2.96. The second-order valence-corrected chi connectivity index (χ2v) is 7.09. The average Bonchev–Trinajstić information content (AvgIpc) is 2.96. The number of nitrogens with zero attached hydrogens (tertiary/aromatic N) is 2. The second-order valence-electron chi connectivity index (χ2n) is 6.09. The molecule has 0 bridgehead atoms. The maximum atomic E-state index is 12.9. The van der Waals surface area contributed by atoms with E-state index in [2.05, 4.69) is 21.7 Å². The van der Waals surface area contributed by atoms with Gasteiger partial charge in [0, 0.05) is 42.8 Å². The Labute approximate surface area is 138 Å². The van der Waals surface area contributed by atoms with Crippen LogP contribution in [-0.4, -0.2) is 41.5 Å². The van der Waals surface area contributed by atoms with Gasteiger partial charge in [-0.25, -0.2) is 9.18 Å². The Morgan fingerprint density at radius 3 is 2.78 bits per heavy atom. The molecule has 0 atom stereocenters. The number of nitrogens with one attached hydrogen (secondary N) is 1. The molecule has 1 aromatic heterocycles. The lowest BCUT2D eigenvalue weighted by atomic mass is 10.0. The van der Waals surface area contributed by atoms with Crippen molar-refractivity contribution in [2.24, 2.45) is 0 Å². The Hall–Kier alpha value is -1.92. The van der Waals surface area contributed by atoms with E-state index >= 15 is 0 Å². The zero-order valence-corrected chi connectivity index (χ0v) is 13.5. The number of benzene rings is 1. The molecule has 4 rings (SSSR count). The highest BCUT2D eigenvalue weighted by atomic mass is 32.1. The Bertz CT molecular complexity index is 709. The second kappa shape index (κ2) is 5.94. The molecule has 4 nitrogen and oxygen atoms in total. The summed E-state index contributed by atoms with van der Waals surface area (Å²) in [4.78, 5) is 17.9. The highest BCUT2D eigenvalue weighted by Crippen LogP contribution is 2.27. The summed E-state index contributed by atoms with van der Waals surface area (Å²) >= 11 is 1.84. The monoisotopic (exact) mass is 331 g/mol. The van der Waals surface area contributed by atoms with Crippen LogP contribution in [0.3, 0.4) is 0 Å². The van der Waals surface area contributed by atoms with E-state index in [0.29, 0.717) is 11.7 Å². The van der Waals surface area contributed by atoms with Crippen molar-refractivity contribution in [1.82, 2.24) is 9.80 Å². The Balaban J connectivity index is 1.29. The molecule has 120 valence electrons. The fraction of sp³-hybridized carbons (Fsp3) is 0.353. The minimum atomic E-state index is -0.301. The van der Waals surface area contributed by atoms with Gasteiger partial charge < -0.3 is 10.2 Å². The first-order valence-electron chi connectivity index (χ1n) is 7.80. The lowest BCUT2D eigenvalue weighted by Crippen LogP contribution is -2.62. The SMILES string of the molecule is O=C(Nc1ccc(F)cc1)N1CC(N2CCc3sccc3C2)C1. The molecule has 0 unspecified atom stereocenters. The van der Waals surface area contributed by atoms with Gasteiger partial charge in [0.05, 0.1) is 0 Å². The number of fused-ring (bicyclic) bond motifs is 1. The molecular weight excluding hydrogens is 313 g/mol. The summed E-state index contributed by atoms with van der Waals surface area (Å²) in [6, 6.07) is 8.40. The summed E-state index contributed by atoms with van der Waals surface area (Å²) in [7, 11) is 0. The minimum Gasteiger partial charge on any atom is -0.321 e. The lowest BCUT2D eigenvalue weighted by Gasteiger charge is -2.46. The number of hydrogen-bond donors (Lipinski definition) is 1. The first-order valence-corrected chi connectivity index (χ1v) is 8.68. The molecule has 2 aromatic rings. The minimum absolute atomic E-state index is 0.110. The molecule has 0 aliphatic carbocycles. The van der Waals surface area contributed by atoms with E-state index in [1.54, 1.807) is 17.0 Å². The predicted molar refractivity (Wildman–Crippen MR) is 89.2 cm³/mol. The van der Waals surface area contributed by atoms with Gasteiger partial charge in [-0.05, 0) is 47.7 Å². The zero-order valence-electron chi connectivity index (χ0n) is 12.7. The van der Waals surface area contributed by atoms with Crippen molar-refractivity contribution in [1.29, 1.82) is 0 Å². The summed E-state index contributed by atoms with van der Waals surface area (Å²) in [5.74, 6) is -0.301. The van der Waals surface area contributed by atoms with Crippen LogP contribution in [0, 0.1) is 5.82 Å². The number of thiophene rings is 1. The van der Waals surface area contributed by atoms with Crippen LogP contribution in [0.2, 0.25) is 0 Å². The highest BCUT2D eigenvalue weighted by molar-refractivity contribution is 7.10. The van der Waals surface area contributed by atoms with Crippen LogP contribution in [-0.2, 0) is 13.0 Å². The number of carbonyl (C=O) groups excluding carboxylic acids is 1. The van der Waals surface area contributed by atoms with Crippen molar-refractivity contribution in [3.05, 3.63) is 52.0 Å². The fourth-order valence-corrected chi connectivity index (χ4v) is 4.06. The third-order valence-electron chi connectivity index (χ3n) is 4.60. The molecule has 0 spiro atoms. The standard InChI is InChI=1S/C17H18FN3OS/c18-13-1-3-14(4-2-13)19-17(22)21-10-15(11-21)20-7-5-16-12(9-20)6-8-23-16/h1-4,6,8,15H,5,7,9-11H2,(H,19,22). The van der Waals surface area contributed by atoms with E-state index in [1.807, 2.05) is 11.3 Å². The summed E-state index contributed by atoms with van der Waals surface area (Å²) < 4.78 is 12.9. The van der Waals surface area contributed by atoms with Gasteiger partial charge in [0.1, 0.15) is 5.82 Å². The molecule has 2 aliphatic rings. The number of amides is 2. The van der Waals surface area contributed by atoms with Crippen LogP contribution in [0.25, 0.3) is 0 Å². The number of hydrogen-bond acceptors (Lipinski definition) is 3. The molecule has 3 heterocycles. The van der Waals surface area contributed by atoms with E-state index in [-0.39, 0.29) is 11.8 Å². The molecule has 23 heavy (non-hydrogen) atoms. The molecule has 1 aromatic carbocycles. The maximum Gasteiger partial charge on any atom is 0.321 e. The quantitative estimate of drug-likeness (QED) is 0.917. The van der Waals surface area contributed by atoms with Crippen molar-refractivity contribution >= 4 is 23.1 Å². The number of carbonyl (C=O) groups is 1. The largest absolute Gasteiger partial charge is 0.321 e. The number of halogens is 1. The average molecular weight is 331 g/mol. The van der Waals surface area contributed by atoms with Crippen molar-refractivity contribution < 1.29 is 9.18 Å². The van der Waals surface area contributed by atoms with Crippen LogP contribution in [0.1, 0.15) is 10.4 Å². The highest BCUT2D eigenvalue weighted by Gasteiger charge is 2.36. The zero-order chi connectivity index (χ0) is 15.8. The fourth-order valence-electron chi connectivity index (χ4n) is 3.17. The first kappa shape index (κ1) is 14.7. The topological polar surface area (TPSA) is 35.6 Å². The summed E-state index contributed by atoms with van der Waals surface area (Å²) in [6.45, 7) is 3.58. The molecule has 2 aliphatic heterocycles. The first-order chi connectivity index (χ1) is 11.2. The van der Waals surface area contributed by atoms with Crippen LogP contribution >= 0.6 is 11.3 Å². The molecule has 1 fully saturated rings. The van der Waals surface area contributed by atoms with E-state index < -0.39 is 0 Å². The van der Waals surface area contributed by atoms with Gasteiger partial charge in [-0.3, -0.25) is 4.90 Å². The summed E-state index contributed by atoms with van der Waals surface area (Å²) in [6.07, 6.45) is 1.12. The molecule has 2 amide bonds. The normalized spacial score (nSPS) is 18.4. The van der Waals surface area contributed by atoms with Crippen molar-refractivity contribution in [2.45, 2.75) is 19.0 Å². The van der Waals surface area contributed by atoms with Crippen LogP contribution in [0.4, 0.5) is 14.9 Å². The molecular formula is C17H18FN3OS. The molecule has 0 saturated carbocycles. The molecule has 1 N–H and O–H groups in total. The number of urea groups is 1. The number of likely N-dealkylation sites (tertiary alicyclic amines) is 1. The third-order valence-corrected chi connectivity index (χ3v) is 5.62. The number of anilines is 1. The van der Waals surface area contributed by atoms with Gasteiger partial charge in [-0.1, -0.05) is 0 Å². The van der Waals surface area contributed by atoms with Crippen LogP contribution in [0.5, 0.6) is 0 Å². The predicted octanol–water partition coefficient (Wildman–Crippen LogP) is 3.16. The van der Waals surface area contributed by atoms with E-state index in [9.17, 15) is 9.18 Å². The van der Waals surface area contributed by atoms with E-state index in [1.165, 1.54) is 22.6 Å². The van der Waals surface area contributed by atoms with Gasteiger partial charge in [0.2, 0.25) is 0 Å². The Morgan fingerprint density at radius 1 is 1.22 bits per heavy atom. The molecule has 6 heteroatoms. The van der Waals surface area contributed by atoms with Crippen LogP contribution < -0.4 is 5.32 Å². The molecule has 1 saturated heterocycles. The van der Waals surface area contributed by atoms with Gasteiger partial charge in [0.25, 0.3) is 0 Å². The Morgan fingerprint density at radius 2 is 2.00 bits per heavy atom. The van der Waals surface area contributed by atoms with Crippen molar-refractivity contribution in [3.8, 4) is 0 Å². The van der Waals surface area contributed by atoms with Crippen molar-refractivity contribution in [3.63, 3.8) is 0 Å². The number of rotatable bonds is 2. The van der Waals surface area contributed by atoms with Gasteiger partial charge in [-0.15, -0.1) is 11.3 Å². The van der Waals surface area contributed by atoms with E-state index in [4.69, 9.17) is 0 Å². The van der Waals surface area contributed by atoms with Gasteiger partial charge in [-0.2, -0.15) is 0 Å². The van der Waals surface area contributed by atoms with E-state index in [0.717, 1.165) is 32.6 Å². The lowest BCUT2D eigenvalue weighted by molar-refractivity contribution is 0.0533. The Kier molecular flexibility index (Phi) is 3.79. The van der Waals surface area contributed by atoms with Crippen molar-refractivity contribution in [2.75, 3.05) is 25.0 Å².